The largest absolute Gasteiger partial charge is 0.341 e. The van der Waals surface area contributed by atoms with Gasteiger partial charge in [0, 0.05) is 25.5 Å². The van der Waals surface area contributed by atoms with Gasteiger partial charge < -0.3 is 4.90 Å². The molecule has 3 nitrogen and oxygen atoms in total. The first-order valence-electron chi connectivity index (χ1n) is 7.01. The Morgan fingerprint density at radius 1 is 0.842 bits per heavy atom. The Labute approximate surface area is 114 Å². The van der Waals surface area contributed by atoms with Crippen molar-refractivity contribution in [3.8, 4) is 0 Å². The highest BCUT2D eigenvalue weighted by Crippen LogP contribution is 2.15. The number of anilines is 1. The molecule has 1 fully saturated rings. The number of hydrogen-bond acceptors (Lipinski definition) is 3. The molecule has 1 aromatic carbocycles. The van der Waals surface area contributed by atoms with E-state index in [1.165, 1.54) is 24.0 Å². The molecule has 2 aromatic rings. The zero-order chi connectivity index (χ0) is 12.9. The fourth-order valence-electron chi connectivity index (χ4n) is 2.49. The molecular formula is C16H19N3. The van der Waals surface area contributed by atoms with Crippen LogP contribution >= 0.6 is 0 Å². The van der Waals surface area contributed by atoms with Gasteiger partial charge in [-0.05, 0) is 36.8 Å². The van der Waals surface area contributed by atoms with E-state index in [9.17, 15) is 0 Å². The van der Waals surface area contributed by atoms with Crippen molar-refractivity contribution < 1.29 is 0 Å². The van der Waals surface area contributed by atoms with E-state index in [1.54, 1.807) is 0 Å². The van der Waals surface area contributed by atoms with Crippen molar-refractivity contribution in [2.45, 2.75) is 25.7 Å². The molecule has 0 unspecified atom stereocenters. The van der Waals surface area contributed by atoms with Crippen LogP contribution in [-0.2, 0) is 12.8 Å². The van der Waals surface area contributed by atoms with Gasteiger partial charge >= 0.3 is 0 Å². The maximum Gasteiger partial charge on any atom is 0.225 e. The van der Waals surface area contributed by atoms with Crippen molar-refractivity contribution in [1.29, 1.82) is 0 Å². The Hall–Kier alpha value is -1.90. The van der Waals surface area contributed by atoms with E-state index in [4.69, 9.17) is 0 Å². The van der Waals surface area contributed by atoms with Crippen LogP contribution in [0.2, 0.25) is 0 Å². The summed E-state index contributed by atoms with van der Waals surface area (Å²) < 4.78 is 0. The molecule has 1 saturated heterocycles. The number of nitrogens with zero attached hydrogens (tertiary/aromatic N) is 3. The SMILES string of the molecule is c1ccc(CCc2cnc(N3CCCC3)nc2)cc1. The third kappa shape index (κ3) is 3.11. The molecule has 0 atom stereocenters. The van der Waals surface area contributed by atoms with Crippen LogP contribution < -0.4 is 4.90 Å². The minimum absolute atomic E-state index is 0.890. The van der Waals surface area contributed by atoms with Gasteiger partial charge in [0.15, 0.2) is 0 Å². The lowest BCUT2D eigenvalue weighted by molar-refractivity contribution is 0.874. The molecule has 0 spiro atoms. The Bertz CT molecular complexity index is 501. The predicted octanol–water partition coefficient (Wildman–Crippen LogP) is 2.86. The third-order valence-corrected chi connectivity index (χ3v) is 3.63. The van der Waals surface area contributed by atoms with Crippen molar-refractivity contribution in [2.24, 2.45) is 0 Å². The summed E-state index contributed by atoms with van der Waals surface area (Å²) in [5, 5.41) is 0. The van der Waals surface area contributed by atoms with Crippen LogP contribution in [0.1, 0.15) is 24.0 Å². The summed E-state index contributed by atoms with van der Waals surface area (Å²) >= 11 is 0. The average Bonchev–Trinajstić information content (AvgIpc) is 3.01. The van der Waals surface area contributed by atoms with Crippen molar-refractivity contribution in [1.82, 2.24) is 9.97 Å². The number of aryl methyl sites for hydroxylation is 2. The molecule has 0 N–H and O–H groups in total. The van der Waals surface area contributed by atoms with Crippen molar-refractivity contribution in [3.05, 3.63) is 53.9 Å². The van der Waals surface area contributed by atoms with Gasteiger partial charge in [0.05, 0.1) is 0 Å². The van der Waals surface area contributed by atoms with Gasteiger partial charge in [0.25, 0.3) is 0 Å². The van der Waals surface area contributed by atoms with E-state index in [0.717, 1.165) is 31.9 Å². The molecule has 19 heavy (non-hydrogen) atoms. The lowest BCUT2D eigenvalue weighted by Crippen LogP contribution is -2.20. The summed E-state index contributed by atoms with van der Waals surface area (Å²) in [5.74, 6) is 0.890. The molecule has 0 saturated carbocycles. The van der Waals surface area contributed by atoms with Gasteiger partial charge in [-0.1, -0.05) is 30.3 Å². The van der Waals surface area contributed by atoms with E-state index < -0.39 is 0 Å². The Morgan fingerprint density at radius 3 is 2.16 bits per heavy atom. The number of rotatable bonds is 4. The summed E-state index contributed by atoms with van der Waals surface area (Å²) in [5.41, 5.74) is 2.58. The molecule has 1 aromatic heterocycles. The van der Waals surface area contributed by atoms with Crippen LogP contribution in [0.25, 0.3) is 0 Å². The summed E-state index contributed by atoms with van der Waals surface area (Å²) in [7, 11) is 0. The zero-order valence-corrected chi connectivity index (χ0v) is 11.1. The number of aromatic nitrogens is 2. The lowest BCUT2D eigenvalue weighted by Gasteiger charge is -2.14. The summed E-state index contributed by atoms with van der Waals surface area (Å²) in [6.45, 7) is 2.20. The molecule has 0 amide bonds. The standard InChI is InChI=1S/C16H19N3/c1-2-6-14(7-3-1)8-9-15-12-17-16(18-13-15)19-10-4-5-11-19/h1-3,6-7,12-13H,4-5,8-11H2. The second-order valence-electron chi connectivity index (χ2n) is 5.07. The first-order valence-corrected chi connectivity index (χ1v) is 7.01. The predicted molar refractivity (Wildman–Crippen MR) is 77.3 cm³/mol. The normalized spacial score (nSPS) is 14.8. The van der Waals surface area contributed by atoms with E-state index in [-0.39, 0.29) is 0 Å². The smallest absolute Gasteiger partial charge is 0.225 e. The van der Waals surface area contributed by atoms with Gasteiger partial charge in [0.2, 0.25) is 5.95 Å². The maximum atomic E-state index is 4.49. The van der Waals surface area contributed by atoms with E-state index in [0.29, 0.717) is 0 Å². The molecule has 0 aliphatic carbocycles. The molecule has 0 radical (unpaired) electrons. The van der Waals surface area contributed by atoms with Crippen LogP contribution in [0.3, 0.4) is 0 Å². The molecule has 98 valence electrons. The number of hydrogen-bond donors (Lipinski definition) is 0. The minimum atomic E-state index is 0.890. The Kier molecular flexibility index (Phi) is 3.73. The van der Waals surface area contributed by atoms with Crippen LogP contribution in [-0.4, -0.2) is 23.1 Å². The van der Waals surface area contributed by atoms with Crippen LogP contribution in [0.4, 0.5) is 5.95 Å². The molecule has 3 heteroatoms. The summed E-state index contributed by atoms with van der Waals surface area (Å²) in [4.78, 5) is 11.2. The maximum absolute atomic E-state index is 4.49. The monoisotopic (exact) mass is 253 g/mol. The Morgan fingerprint density at radius 2 is 1.47 bits per heavy atom. The van der Waals surface area contributed by atoms with E-state index in [2.05, 4.69) is 45.2 Å². The first-order chi connectivity index (χ1) is 9.42. The van der Waals surface area contributed by atoms with E-state index in [1.807, 2.05) is 12.4 Å². The highest BCUT2D eigenvalue weighted by Gasteiger charge is 2.14. The van der Waals surface area contributed by atoms with Gasteiger partial charge in [0.1, 0.15) is 0 Å². The van der Waals surface area contributed by atoms with Crippen LogP contribution in [0.5, 0.6) is 0 Å². The van der Waals surface area contributed by atoms with Crippen molar-refractivity contribution in [2.75, 3.05) is 18.0 Å². The van der Waals surface area contributed by atoms with Crippen molar-refractivity contribution >= 4 is 5.95 Å². The number of benzene rings is 1. The van der Waals surface area contributed by atoms with Gasteiger partial charge in [-0.2, -0.15) is 0 Å². The second kappa shape index (κ2) is 5.83. The molecule has 2 heterocycles. The molecule has 1 aliphatic rings. The molecular weight excluding hydrogens is 234 g/mol. The fraction of sp³-hybridized carbons (Fsp3) is 0.375. The summed E-state index contributed by atoms with van der Waals surface area (Å²) in [6, 6.07) is 10.6. The van der Waals surface area contributed by atoms with Gasteiger partial charge in [-0.25, -0.2) is 9.97 Å². The van der Waals surface area contributed by atoms with Crippen molar-refractivity contribution in [3.63, 3.8) is 0 Å². The highest BCUT2D eigenvalue weighted by atomic mass is 15.3. The minimum Gasteiger partial charge on any atom is -0.341 e. The first kappa shape index (κ1) is 12.2. The zero-order valence-electron chi connectivity index (χ0n) is 11.1. The Balaban J connectivity index is 1.60. The fourth-order valence-corrected chi connectivity index (χ4v) is 2.49. The molecule has 1 aliphatic heterocycles. The average molecular weight is 253 g/mol. The van der Waals surface area contributed by atoms with Crippen LogP contribution in [0.15, 0.2) is 42.7 Å². The topological polar surface area (TPSA) is 29.0 Å². The highest BCUT2D eigenvalue weighted by molar-refractivity contribution is 5.31. The second-order valence-corrected chi connectivity index (χ2v) is 5.07. The molecule has 0 bridgehead atoms. The van der Waals surface area contributed by atoms with Crippen LogP contribution in [0, 0.1) is 0 Å². The lowest BCUT2D eigenvalue weighted by atomic mass is 10.1. The van der Waals surface area contributed by atoms with Gasteiger partial charge in [-0.3, -0.25) is 0 Å². The quantitative estimate of drug-likeness (QED) is 0.839. The van der Waals surface area contributed by atoms with Gasteiger partial charge in [-0.15, -0.1) is 0 Å². The third-order valence-electron chi connectivity index (χ3n) is 3.63. The van der Waals surface area contributed by atoms with E-state index >= 15 is 0 Å². The molecule has 3 rings (SSSR count). The summed E-state index contributed by atoms with van der Waals surface area (Å²) in [6.07, 6.45) is 8.53.